The monoisotopic (exact) mass is 242 g/mol. The van der Waals surface area contributed by atoms with Gasteiger partial charge in [-0.1, -0.05) is 33.6 Å². The fraction of sp³-hybridized carbons (Fsp3) is 1.00. The molecule has 3 unspecified atom stereocenters. The lowest BCUT2D eigenvalue weighted by molar-refractivity contribution is -0.129. The third kappa shape index (κ3) is 3.03. The highest BCUT2D eigenvalue weighted by molar-refractivity contribution is 5.00. The Morgan fingerprint density at radius 3 is 2.47 bits per heavy atom. The van der Waals surface area contributed by atoms with E-state index in [1.807, 2.05) is 6.92 Å². The van der Waals surface area contributed by atoms with Crippen LogP contribution in [0.1, 0.15) is 66.2 Å². The largest absolute Gasteiger partial charge is 0.396 e. The second-order valence-electron chi connectivity index (χ2n) is 6.47. The van der Waals surface area contributed by atoms with Crippen LogP contribution in [0.4, 0.5) is 0 Å². The highest BCUT2D eigenvalue weighted by atomic mass is 16.3. The lowest BCUT2D eigenvalue weighted by atomic mass is 9.54. The van der Waals surface area contributed by atoms with E-state index >= 15 is 0 Å². The molecule has 1 aliphatic rings. The van der Waals surface area contributed by atoms with Gasteiger partial charge < -0.3 is 10.2 Å². The van der Waals surface area contributed by atoms with Crippen LogP contribution in [0, 0.1) is 17.3 Å². The van der Waals surface area contributed by atoms with Crippen molar-refractivity contribution in [2.24, 2.45) is 17.3 Å². The second-order valence-corrected chi connectivity index (χ2v) is 6.47. The maximum absolute atomic E-state index is 10.6. The van der Waals surface area contributed by atoms with Crippen LogP contribution >= 0.6 is 0 Å². The quantitative estimate of drug-likeness (QED) is 0.776. The van der Waals surface area contributed by atoms with Gasteiger partial charge in [0.25, 0.3) is 0 Å². The minimum Gasteiger partial charge on any atom is -0.396 e. The molecule has 1 aliphatic carbocycles. The van der Waals surface area contributed by atoms with Gasteiger partial charge in [-0.3, -0.25) is 0 Å². The van der Waals surface area contributed by atoms with E-state index in [1.54, 1.807) is 0 Å². The van der Waals surface area contributed by atoms with E-state index in [-0.39, 0.29) is 17.9 Å². The zero-order chi connectivity index (χ0) is 13.1. The average Bonchev–Trinajstić information content (AvgIpc) is 2.28. The molecule has 0 aromatic rings. The van der Waals surface area contributed by atoms with Crippen molar-refractivity contribution in [3.05, 3.63) is 0 Å². The van der Waals surface area contributed by atoms with Gasteiger partial charge in [-0.15, -0.1) is 0 Å². The first-order chi connectivity index (χ1) is 7.88. The van der Waals surface area contributed by atoms with Crippen LogP contribution in [-0.4, -0.2) is 22.4 Å². The molecule has 17 heavy (non-hydrogen) atoms. The van der Waals surface area contributed by atoms with Gasteiger partial charge in [0.05, 0.1) is 5.60 Å². The van der Waals surface area contributed by atoms with Gasteiger partial charge in [0.15, 0.2) is 0 Å². The van der Waals surface area contributed by atoms with Crippen molar-refractivity contribution in [2.45, 2.75) is 71.8 Å². The van der Waals surface area contributed by atoms with Crippen LogP contribution < -0.4 is 0 Å². The highest BCUT2D eigenvalue weighted by Crippen LogP contribution is 2.53. The van der Waals surface area contributed by atoms with Gasteiger partial charge in [0.1, 0.15) is 0 Å². The third-order valence-electron chi connectivity index (χ3n) is 5.24. The molecule has 0 saturated heterocycles. The van der Waals surface area contributed by atoms with Gasteiger partial charge >= 0.3 is 0 Å². The molecular weight excluding hydrogens is 212 g/mol. The number of unbranched alkanes of at least 4 members (excludes halogenated alkanes) is 1. The predicted octanol–water partition coefficient (Wildman–Crippen LogP) is 3.36. The van der Waals surface area contributed by atoms with Crippen LogP contribution in [0.3, 0.4) is 0 Å². The fourth-order valence-electron chi connectivity index (χ4n) is 3.81. The topological polar surface area (TPSA) is 40.5 Å². The molecule has 102 valence electrons. The predicted molar refractivity (Wildman–Crippen MR) is 71.8 cm³/mol. The Bertz CT molecular complexity index is 237. The molecular formula is C15H30O2. The first-order valence-corrected chi connectivity index (χ1v) is 7.21. The van der Waals surface area contributed by atoms with Crippen LogP contribution in [0.15, 0.2) is 0 Å². The van der Waals surface area contributed by atoms with Gasteiger partial charge in [-0.25, -0.2) is 0 Å². The highest BCUT2D eigenvalue weighted by Gasteiger charge is 2.50. The van der Waals surface area contributed by atoms with Gasteiger partial charge in [0, 0.05) is 6.61 Å². The summed E-state index contributed by atoms with van der Waals surface area (Å²) in [5.74, 6) is 0.876. The number of hydrogen-bond acceptors (Lipinski definition) is 2. The minimum atomic E-state index is -0.599. The zero-order valence-corrected chi connectivity index (χ0v) is 12.0. The number of hydrogen-bond donors (Lipinski definition) is 2. The summed E-state index contributed by atoms with van der Waals surface area (Å²) in [7, 11) is 0. The molecule has 0 aliphatic heterocycles. The van der Waals surface area contributed by atoms with Crippen molar-refractivity contribution in [1.82, 2.24) is 0 Å². The molecule has 1 rings (SSSR count). The first kappa shape index (κ1) is 15.0. The Morgan fingerprint density at radius 1 is 1.29 bits per heavy atom. The molecule has 0 aromatic heterocycles. The summed E-state index contributed by atoms with van der Waals surface area (Å²) in [6.07, 6.45) is 6.31. The zero-order valence-electron chi connectivity index (χ0n) is 12.0. The maximum atomic E-state index is 10.6. The van der Waals surface area contributed by atoms with Crippen molar-refractivity contribution in [2.75, 3.05) is 6.61 Å². The number of rotatable bonds is 5. The SMILES string of the molecule is CCCCC1(C)C(C)CC[C@@](C)(O)C1CCO. The van der Waals surface area contributed by atoms with E-state index in [1.165, 1.54) is 19.3 Å². The lowest BCUT2D eigenvalue weighted by Gasteiger charge is -2.53. The standard InChI is InChI=1S/C15H30O2/c1-5-6-9-14(3)12(2)7-10-15(4,17)13(14)8-11-16/h12-13,16-17H,5-11H2,1-4H3/t12?,13?,14?,15-/m1/s1. The molecule has 1 fully saturated rings. The molecule has 1 saturated carbocycles. The number of aliphatic hydroxyl groups is 2. The summed E-state index contributed by atoms with van der Waals surface area (Å²) in [4.78, 5) is 0. The van der Waals surface area contributed by atoms with Crippen molar-refractivity contribution in [1.29, 1.82) is 0 Å². The van der Waals surface area contributed by atoms with Crippen molar-refractivity contribution in [3.8, 4) is 0 Å². The molecule has 4 atom stereocenters. The van der Waals surface area contributed by atoms with Crippen LogP contribution in [0.25, 0.3) is 0 Å². The van der Waals surface area contributed by atoms with Gasteiger partial charge in [-0.2, -0.15) is 0 Å². The number of aliphatic hydroxyl groups excluding tert-OH is 1. The van der Waals surface area contributed by atoms with E-state index in [4.69, 9.17) is 0 Å². The van der Waals surface area contributed by atoms with E-state index < -0.39 is 5.60 Å². The van der Waals surface area contributed by atoms with Crippen molar-refractivity contribution in [3.63, 3.8) is 0 Å². The Balaban J connectivity index is 2.91. The van der Waals surface area contributed by atoms with E-state index in [2.05, 4.69) is 20.8 Å². The average molecular weight is 242 g/mol. The fourth-order valence-corrected chi connectivity index (χ4v) is 3.81. The lowest BCUT2D eigenvalue weighted by Crippen LogP contribution is -2.52. The van der Waals surface area contributed by atoms with Crippen molar-refractivity contribution < 1.29 is 10.2 Å². The summed E-state index contributed by atoms with van der Waals surface area (Å²) >= 11 is 0. The molecule has 2 heteroatoms. The van der Waals surface area contributed by atoms with Crippen molar-refractivity contribution >= 4 is 0 Å². The Morgan fingerprint density at radius 2 is 1.94 bits per heavy atom. The van der Waals surface area contributed by atoms with Crippen LogP contribution in [0.2, 0.25) is 0 Å². The van der Waals surface area contributed by atoms with Crippen LogP contribution in [0.5, 0.6) is 0 Å². The van der Waals surface area contributed by atoms with Crippen LogP contribution in [-0.2, 0) is 0 Å². The molecule has 2 nitrogen and oxygen atoms in total. The molecule has 0 spiro atoms. The smallest absolute Gasteiger partial charge is 0.0654 e. The third-order valence-corrected chi connectivity index (χ3v) is 5.24. The first-order valence-electron chi connectivity index (χ1n) is 7.21. The summed E-state index contributed by atoms with van der Waals surface area (Å²) < 4.78 is 0. The summed E-state index contributed by atoms with van der Waals surface area (Å²) in [6.45, 7) is 9.01. The molecule has 0 radical (unpaired) electrons. The van der Waals surface area contributed by atoms with E-state index in [0.717, 1.165) is 19.3 Å². The van der Waals surface area contributed by atoms with E-state index in [0.29, 0.717) is 5.92 Å². The molecule has 0 amide bonds. The maximum Gasteiger partial charge on any atom is 0.0654 e. The van der Waals surface area contributed by atoms with Gasteiger partial charge in [0.2, 0.25) is 0 Å². The molecule has 2 N–H and O–H groups in total. The Hall–Kier alpha value is -0.0800. The molecule has 0 bridgehead atoms. The van der Waals surface area contributed by atoms with Gasteiger partial charge in [-0.05, 0) is 49.9 Å². The second kappa shape index (κ2) is 5.71. The summed E-state index contributed by atoms with van der Waals surface area (Å²) in [5, 5.41) is 19.9. The summed E-state index contributed by atoms with van der Waals surface area (Å²) in [5.41, 5.74) is -0.418. The molecule has 0 aromatic carbocycles. The molecule has 0 heterocycles. The minimum absolute atomic E-state index is 0.181. The Kier molecular flexibility index (Phi) is 5.03. The normalized spacial score (nSPS) is 42.7. The Labute approximate surface area is 106 Å². The van der Waals surface area contributed by atoms with E-state index in [9.17, 15) is 10.2 Å². The summed E-state index contributed by atoms with van der Waals surface area (Å²) in [6, 6.07) is 0.